The van der Waals surface area contributed by atoms with Gasteiger partial charge in [0.25, 0.3) is 0 Å². The van der Waals surface area contributed by atoms with Crippen LogP contribution in [-0.4, -0.2) is 22.3 Å². The molecule has 0 rings (SSSR count). The van der Waals surface area contributed by atoms with Crippen LogP contribution in [0, 0.1) is 0 Å². The lowest BCUT2D eigenvalue weighted by molar-refractivity contribution is -0.137. The van der Waals surface area contributed by atoms with Gasteiger partial charge in [0.05, 0.1) is 6.10 Å². The van der Waals surface area contributed by atoms with Crippen molar-refractivity contribution in [3.05, 3.63) is 36.5 Å². The number of carboxylic acid groups (broad SMARTS) is 1. The van der Waals surface area contributed by atoms with Crippen LogP contribution in [0.2, 0.25) is 0 Å². The van der Waals surface area contributed by atoms with Gasteiger partial charge in [-0.3, -0.25) is 4.79 Å². The van der Waals surface area contributed by atoms with E-state index in [1.54, 1.807) is 6.08 Å². The molecule has 20 heavy (non-hydrogen) atoms. The molecule has 0 aliphatic heterocycles. The number of aliphatic hydroxyl groups is 1. The van der Waals surface area contributed by atoms with Crippen molar-refractivity contribution < 1.29 is 15.0 Å². The zero-order valence-corrected chi connectivity index (χ0v) is 12.5. The summed E-state index contributed by atoms with van der Waals surface area (Å²) in [6.07, 6.45) is 18.4. The first-order chi connectivity index (χ1) is 9.66. The largest absolute Gasteiger partial charge is 0.481 e. The molecule has 0 amide bonds. The van der Waals surface area contributed by atoms with E-state index in [4.69, 9.17) is 5.11 Å². The van der Waals surface area contributed by atoms with Gasteiger partial charge in [-0.25, -0.2) is 0 Å². The second kappa shape index (κ2) is 14.1. The summed E-state index contributed by atoms with van der Waals surface area (Å²) >= 11 is 0. The SMILES string of the molecule is CC=CCC(O)C=CC=CCCCCCCCC(=O)O. The second-order valence-electron chi connectivity index (χ2n) is 4.89. The first-order valence-electron chi connectivity index (χ1n) is 7.51. The fourth-order valence-corrected chi connectivity index (χ4v) is 1.79. The van der Waals surface area contributed by atoms with Gasteiger partial charge in [-0.15, -0.1) is 0 Å². The third kappa shape index (κ3) is 14.7. The van der Waals surface area contributed by atoms with Crippen molar-refractivity contribution in [1.29, 1.82) is 0 Å². The first-order valence-corrected chi connectivity index (χ1v) is 7.51. The van der Waals surface area contributed by atoms with Crippen molar-refractivity contribution in [1.82, 2.24) is 0 Å². The van der Waals surface area contributed by atoms with E-state index in [0.29, 0.717) is 12.8 Å². The predicted octanol–water partition coefficient (Wildman–Crippen LogP) is 4.24. The standard InChI is InChI=1S/C17H28O3/c1-2-3-13-16(18)14-11-9-7-5-4-6-8-10-12-15-17(19)20/h2-3,7,9,11,14,16,18H,4-6,8,10,12-13,15H2,1H3,(H,19,20). The fraction of sp³-hybridized carbons (Fsp3) is 0.588. The molecule has 114 valence electrons. The molecule has 0 aromatic carbocycles. The average molecular weight is 280 g/mol. The molecule has 3 nitrogen and oxygen atoms in total. The zero-order valence-electron chi connectivity index (χ0n) is 12.5. The molecule has 2 N–H and O–H groups in total. The van der Waals surface area contributed by atoms with Crippen LogP contribution in [0.3, 0.4) is 0 Å². The summed E-state index contributed by atoms with van der Waals surface area (Å²) < 4.78 is 0. The number of aliphatic hydroxyl groups excluding tert-OH is 1. The van der Waals surface area contributed by atoms with Crippen molar-refractivity contribution in [3.63, 3.8) is 0 Å². The Morgan fingerprint density at radius 1 is 1.05 bits per heavy atom. The minimum absolute atomic E-state index is 0.292. The maximum absolute atomic E-state index is 10.3. The maximum Gasteiger partial charge on any atom is 0.303 e. The monoisotopic (exact) mass is 280 g/mol. The average Bonchev–Trinajstić information content (AvgIpc) is 2.42. The summed E-state index contributed by atoms with van der Waals surface area (Å²) in [5, 5.41) is 18.0. The Hall–Kier alpha value is -1.35. The first kappa shape index (κ1) is 18.7. The molecule has 1 unspecified atom stereocenters. The predicted molar refractivity (Wildman–Crippen MR) is 83.7 cm³/mol. The lowest BCUT2D eigenvalue weighted by Crippen LogP contribution is -1.98. The van der Waals surface area contributed by atoms with Crippen molar-refractivity contribution in [2.45, 2.75) is 64.4 Å². The zero-order chi connectivity index (χ0) is 15.1. The van der Waals surface area contributed by atoms with Gasteiger partial charge < -0.3 is 10.2 Å². The number of allylic oxidation sites excluding steroid dienone is 4. The Balaban J connectivity index is 3.39. The van der Waals surface area contributed by atoms with Gasteiger partial charge in [-0.2, -0.15) is 0 Å². The van der Waals surface area contributed by atoms with E-state index >= 15 is 0 Å². The molecule has 0 fully saturated rings. The Labute approximate surface area is 122 Å². The Morgan fingerprint density at radius 2 is 1.75 bits per heavy atom. The van der Waals surface area contributed by atoms with E-state index in [1.807, 2.05) is 31.2 Å². The molecular formula is C17H28O3. The number of hydrogen-bond acceptors (Lipinski definition) is 2. The van der Waals surface area contributed by atoms with Crippen molar-refractivity contribution >= 4 is 5.97 Å². The molecule has 0 aromatic rings. The van der Waals surface area contributed by atoms with Crippen LogP contribution in [-0.2, 0) is 4.79 Å². The highest BCUT2D eigenvalue weighted by atomic mass is 16.4. The van der Waals surface area contributed by atoms with Crippen LogP contribution in [0.15, 0.2) is 36.5 Å². The number of rotatable bonds is 12. The van der Waals surface area contributed by atoms with Gasteiger partial charge in [0.2, 0.25) is 0 Å². The van der Waals surface area contributed by atoms with Crippen LogP contribution >= 0.6 is 0 Å². The second-order valence-corrected chi connectivity index (χ2v) is 4.89. The highest BCUT2D eigenvalue weighted by Crippen LogP contribution is 2.07. The third-order valence-electron chi connectivity index (χ3n) is 2.96. The Kier molecular flexibility index (Phi) is 13.1. The molecule has 0 spiro atoms. The van der Waals surface area contributed by atoms with Crippen LogP contribution < -0.4 is 0 Å². The van der Waals surface area contributed by atoms with E-state index in [9.17, 15) is 9.90 Å². The molecule has 0 aliphatic rings. The number of carbonyl (C=O) groups is 1. The molecule has 0 heterocycles. The van der Waals surface area contributed by atoms with Crippen LogP contribution in [0.4, 0.5) is 0 Å². The molecule has 0 aliphatic carbocycles. The highest BCUT2D eigenvalue weighted by molar-refractivity contribution is 5.66. The number of unbranched alkanes of at least 4 members (excludes halogenated alkanes) is 5. The summed E-state index contributed by atoms with van der Waals surface area (Å²) in [4.78, 5) is 10.3. The molecule has 0 bridgehead atoms. The molecule has 0 saturated carbocycles. The minimum atomic E-state index is -0.698. The third-order valence-corrected chi connectivity index (χ3v) is 2.96. The summed E-state index contributed by atoms with van der Waals surface area (Å²) in [6.45, 7) is 1.94. The van der Waals surface area contributed by atoms with E-state index in [0.717, 1.165) is 38.5 Å². The number of carboxylic acids is 1. The van der Waals surface area contributed by atoms with Crippen molar-refractivity contribution in [2.75, 3.05) is 0 Å². The van der Waals surface area contributed by atoms with Crippen LogP contribution in [0.1, 0.15) is 58.3 Å². The molecule has 3 heteroatoms. The number of hydrogen-bond donors (Lipinski definition) is 2. The van der Waals surface area contributed by atoms with Gasteiger partial charge in [0.15, 0.2) is 0 Å². The normalized spacial score (nSPS) is 13.7. The van der Waals surface area contributed by atoms with E-state index < -0.39 is 12.1 Å². The summed E-state index contributed by atoms with van der Waals surface area (Å²) in [6, 6.07) is 0. The summed E-state index contributed by atoms with van der Waals surface area (Å²) in [7, 11) is 0. The van der Waals surface area contributed by atoms with Gasteiger partial charge in [0, 0.05) is 6.42 Å². The van der Waals surface area contributed by atoms with Crippen molar-refractivity contribution in [3.8, 4) is 0 Å². The van der Waals surface area contributed by atoms with Crippen LogP contribution in [0.25, 0.3) is 0 Å². The minimum Gasteiger partial charge on any atom is -0.481 e. The molecular weight excluding hydrogens is 252 g/mol. The van der Waals surface area contributed by atoms with Gasteiger partial charge >= 0.3 is 5.97 Å². The number of aliphatic carboxylic acids is 1. The highest BCUT2D eigenvalue weighted by Gasteiger charge is 1.95. The smallest absolute Gasteiger partial charge is 0.303 e. The molecule has 0 radical (unpaired) electrons. The molecule has 1 atom stereocenters. The molecule has 0 saturated heterocycles. The van der Waals surface area contributed by atoms with E-state index in [2.05, 4.69) is 6.08 Å². The lowest BCUT2D eigenvalue weighted by atomic mass is 10.1. The lowest BCUT2D eigenvalue weighted by Gasteiger charge is -1.99. The fourth-order valence-electron chi connectivity index (χ4n) is 1.79. The van der Waals surface area contributed by atoms with Gasteiger partial charge in [-0.05, 0) is 32.6 Å². The van der Waals surface area contributed by atoms with Gasteiger partial charge in [-0.1, -0.05) is 55.7 Å². The van der Waals surface area contributed by atoms with Gasteiger partial charge in [0.1, 0.15) is 0 Å². The Bertz CT molecular complexity index is 316. The van der Waals surface area contributed by atoms with E-state index in [1.165, 1.54) is 0 Å². The van der Waals surface area contributed by atoms with Crippen LogP contribution in [0.5, 0.6) is 0 Å². The maximum atomic E-state index is 10.3. The molecule has 0 aromatic heterocycles. The van der Waals surface area contributed by atoms with Crippen molar-refractivity contribution in [2.24, 2.45) is 0 Å². The quantitative estimate of drug-likeness (QED) is 0.319. The topological polar surface area (TPSA) is 57.5 Å². The van der Waals surface area contributed by atoms with E-state index in [-0.39, 0.29) is 0 Å². The summed E-state index contributed by atoms with van der Waals surface area (Å²) in [5.41, 5.74) is 0. The summed E-state index contributed by atoms with van der Waals surface area (Å²) in [5.74, 6) is -0.698. The Morgan fingerprint density at radius 3 is 2.45 bits per heavy atom.